The highest BCUT2D eigenvalue weighted by Crippen LogP contribution is 2.20. The predicted molar refractivity (Wildman–Crippen MR) is 79.4 cm³/mol. The van der Waals surface area contributed by atoms with Crippen LogP contribution in [0.3, 0.4) is 0 Å². The van der Waals surface area contributed by atoms with Crippen LogP contribution in [0, 0.1) is 12.3 Å². The number of nitrogens with one attached hydrogen (secondary N) is 2. The maximum absolute atomic E-state index is 11.6. The molecular formula is C14H24N2O2S. The molecule has 0 spiro atoms. The summed E-state index contributed by atoms with van der Waals surface area (Å²) in [6.45, 7) is 7.48. The lowest BCUT2D eigenvalue weighted by atomic mass is 9.89. The lowest BCUT2D eigenvalue weighted by Crippen LogP contribution is -2.35. The summed E-state index contributed by atoms with van der Waals surface area (Å²) in [7, 11) is 0. The number of urea groups is 1. The van der Waals surface area contributed by atoms with Gasteiger partial charge in [-0.15, -0.1) is 11.3 Å². The van der Waals surface area contributed by atoms with Crippen LogP contribution in [0.1, 0.15) is 36.4 Å². The second-order valence-corrected chi connectivity index (χ2v) is 6.92. The molecule has 1 heterocycles. The van der Waals surface area contributed by atoms with Gasteiger partial charge in [0.25, 0.3) is 0 Å². The van der Waals surface area contributed by atoms with Crippen molar-refractivity contribution in [2.75, 3.05) is 13.2 Å². The highest BCUT2D eigenvalue weighted by Gasteiger charge is 2.15. The van der Waals surface area contributed by atoms with E-state index >= 15 is 0 Å². The third-order valence-corrected chi connectivity index (χ3v) is 3.96. The van der Waals surface area contributed by atoms with Crippen LogP contribution in [0.2, 0.25) is 0 Å². The van der Waals surface area contributed by atoms with E-state index in [9.17, 15) is 4.79 Å². The standard InChI is InChI=1S/C14H24N2O2S/c1-11-5-6-12(19-11)9-16-13(18)15-8-4-7-14(2,3)10-17/h5-6,17H,4,7-10H2,1-3H3,(H2,15,16,18). The Hall–Kier alpha value is -1.07. The lowest BCUT2D eigenvalue weighted by molar-refractivity contribution is 0.148. The largest absolute Gasteiger partial charge is 0.396 e. The van der Waals surface area contributed by atoms with Crippen molar-refractivity contribution in [3.63, 3.8) is 0 Å². The third-order valence-electron chi connectivity index (χ3n) is 2.96. The molecule has 0 atom stereocenters. The summed E-state index contributed by atoms with van der Waals surface area (Å²) in [6, 6.07) is 3.95. The summed E-state index contributed by atoms with van der Waals surface area (Å²) < 4.78 is 0. The first kappa shape index (κ1) is 16.0. The van der Waals surface area contributed by atoms with Crippen molar-refractivity contribution in [3.8, 4) is 0 Å². The predicted octanol–water partition coefficient (Wildman–Crippen LogP) is 2.65. The zero-order chi connectivity index (χ0) is 14.3. The fraction of sp³-hybridized carbons (Fsp3) is 0.643. The molecule has 0 radical (unpaired) electrons. The van der Waals surface area contributed by atoms with Crippen molar-refractivity contribution >= 4 is 17.4 Å². The molecule has 4 nitrogen and oxygen atoms in total. The van der Waals surface area contributed by atoms with E-state index in [1.54, 1.807) is 11.3 Å². The van der Waals surface area contributed by atoms with Crippen LogP contribution in [0.4, 0.5) is 4.79 Å². The average molecular weight is 284 g/mol. The zero-order valence-electron chi connectivity index (χ0n) is 12.0. The Labute approximate surface area is 119 Å². The van der Waals surface area contributed by atoms with Crippen molar-refractivity contribution in [2.24, 2.45) is 5.41 Å². The van der Waals surface area contributed by atoms with E-state index in [0.29, 0.717) is 13.1 Å². The summed E-state index contributed by atoms with van der Waals surface area (Å²) in [4.78, 5) is 14.0. The number of hydrogen-bond acceptors (Lipinski definition) is 3. The number of hydrogen-bond donors (Lipinski definition) is 3. The van der Waals surface area contributed by atoms with Gasteiger partial charge in [-0.25, -0.2) is 4.79 Å². The molecule has 0 aliphatic carbocycles. The van der Waals surface area contributed by atoms with Crippen molar-refractivity contribution < 1.29 is 9.90 Å². The van der Waals surface area contributed by atoms with Crippen LogP contribution in [-0.2, 0) is 6.54 Å². The van der Waals surface area contributed by atoms with Gasteiger partial charge in [0.1, 0.15) is 0 Å². The third kappa shape index (κ3) is 6.59. The molecule has 0 fully saturated rings. The fourth-order valence-corrected chi connectivity index (χ4v) is 2.49. The van der Waals surface area contributed by atoms with E-state index in [4.69, 9.17) is 5.11 Å². The minimum absolute atomic E-state index is 0.0628. The van der Waals surface area contributed by atoms with Gasteiger partial charge in [0, 0.05) is 22.9 Å². The summed E-state index contributed by atoms with van der Waals surface area (Å²) >= 11 is 1.69. The maximum Gasteiger partial charge on any atom is 0.315 e. The Bertz CT molecular complexity index is 402. The van der Waals surface area contributed by atoms with E-state index < -0.39 is 0 Å². The Morgan fingerprint density at radius 3 is 2.68 bits per heavy atom. The molecule has 0 aliphatic heterocycles. The zero-order valence-corrected chi connectivity index (χ0v) is 12.8. The van der Waals surface area contributed by atoms with Crippen LogP contribution >= 0.6 is 11.3 Å². The molecule has 5 heteroatoms. The molecule has 0 saturated carbocycles. The quantitative estimate of drug-likeness (QED) is 0.674. The molecule has 1 aromatic heterocycles. The van der Waals surface area contributed by atoms with Crippen molar-refractivity contribution in [2.45, 2.75) is 40.2 Å². The molecule has 1 aromatic rings. The Balaban J connectivity index is 2.11. The second kappa shape index (κ2) is 7.50. The maximum atomic E-state index is 11.6. The van der Waals surface area contributed by atoms with Crippen molar-refractivity contribution in [1.29, 1.82) is 0 Å². The highest BCUT2D eigenvalue weighted by atomic mass is 32.1. The summed E-state index contributed by atoms with van der Waals surface area (Å²) in [5.41, 5.74) is -0.0628. The SMILES string of the molecule is Cc1ccc(CNC(=O)NCCCC(C)(C)CO)s1. The average Bonchev–Trinajstić information content (AvgIpc) is 2.78. The Morgan fingerprint density at radius 2 is 2.11 bits per heavy atom. The number of aryl methyl sites for hydroxylation is 1. The number of aliphatic hydroxyl groups excluding tert-OH is 1. The molecule has 0 aromatic carbocycles. The number of rotatable bonds is 7. The van der Waals surface area contributed by atoms with Gasteiger partial charge in [-0.05, 0) is 37.3 Å². The van der Waals surface area contributed by atoms with E-state index in [2.05, 4.69) is 23.6 Å². The van der Waals surface area contributed by atoms with Gasteiger partial charge in [-0.2, -0.15) is 0 Å². The summed E-state index contributed by atoms with van der Waals surface area (Å²) in [5.74, 6) is 0. The van der Waals surface area contributed by atoms with Crippen molar-refractivity contribution in [3.05, 3.63) is 21.9 Å². The molecule has 0 unspecified atom stereocenters. The Kier molecular flexibility index (Phi) is 6.31. The van der Waals surface area contributed by atoms with Crippen LogP contribution in [0.5, 0.6) is 0 Å². The lowest BCUT2D eigenvalue weighted by Gasteiger charge is -2.21. The second-order valence-electron chi connectivity index (χ2n) is 5.55. The Morgan fingerprint density at radius 1 is 1.37 bits per heavy atom. The number of aliphatic hydroxyl groups is 1. The monoisotopic (exact) mass is 284 g/mol. The van der Waals surface area contributed by atoms with Crippen LogP contribution in [0.25, 0.3) is 0 Å². The van der Waals surface area contributed by atoms with Gasteiger partial charge in [-0.3, -0.25) is 0 Å². The van der Waals surface area contributed by atoms with Crippen LogP contribution in [0.15, 0.2) is 12.1 Å². The summed E-state index contributed by atoms with van der Waals surface area (Å²) in [6.07, 6.45) is 1.77. The molecule has 108 valence electrons. The van der Waals surface area contributed by atoms with E-state index in [1.165, 1.54) is 4.88 Å². The van der Waals surface area contributed by atoms with Gasteiger partial charge in [0.05, 0.1) is 6.54 Å². The van der Waals surface area contributed by atoms with Gasteiger partial charge in [0.15, 0.2) is 0 Å². The normalized spacial score (nSPS) is 11.4. The highest BCUT2D eigenvalue weighted by molar-refractivity contribution is 7.11. The van der Waals surface area contributed by atoms with Gasteiger partial charge < -0.3 is 15.7 Å². The molecule has 0 bridgehead atoms. The first-order chi connectivity index (χ1) is 8.93. The van der Waals surface area contributed by atoms with Crippen LogP contribution in [-0.4, -0.2) is 24.3 Å². The molecule has 3 N–H and O–H groups in total. The number of amides is 2. The minimum atomic E-state index is -0.132. The topological polar surface area (TPSA) is 61.4 Å². The fourth-order valence-electron chi connectivity index (χ4n) is 1.66. The first-order valence-corrected chi connectivity index (χ1v) is 7.42. The number of carbonyl (C=O) groups excluding carboxylic acids is 1. The minimum Gasteiger partial charge on any atom is -0.396 e. The van der Waals surface area contributed by atoms with Crippen LogP contribution < -0.4 is 10.6 Å². The molecule has 0 saturated heterocycles. The van der Waals surface area contributed by atoms with Gasteiger partial charge in [-0.1, -0.05) is 13.8 Å². The smallest absolute Gasteiger partial charge is 0.315 e. The van der Waals surface area contributed by atoms with E-state index in [-0.39, 0.29) is 18.1 Å². The number of carbonyl (C=O) groups is 1. The number of thiophene rings is 1. The molecule has 2 amide bonds. The molecule has 0 aliphatic rings. The van der Waals surface area contributed by atoms with Gasteiger partial charge in [0.2, 0.25) is 0 Å². The first-order valence-electron chi connectivity index (χ1n) is 6.61. The van der Waals surface area contributed by atoms with Gasteiger partial charge >= 0.3 is 6.03 Å². The molecular weight excluding hydrogens is 260 g/mol. The van der Waals surface area contributed by atoms with Crippen molar-refractivity contribution in [1.82, 2.24) is 10.6 Å². The molecule has 1 rings (SSSR count). The van der Waals surface area contributed by atoms with E-state index in [0.717, 1.165) is 17.7 Å². The summed E-state index contributed by atoms with van der Waals surface area (Å²) in [5, 5.41) is 14.8. The van der Waals surface area contributed by atoms with E-state index in [1.807, 2.05) is 19.9 Å². The molecule has 19 heavy (non-hydrogen) atoms.